The molecule has 0 saturated heterocycles. The molecular weight excluding hydrogens is 183 g/mol. The largest absolute Gasteiger partial charge is 0.316 e. The van der Waals surface area contributed by atoms with Crippen molar-refractivity contribution in [2.75, 3.05) is 13.3 Å². The Labute approximate surface area is 79.0 Å². The molecule has 0 saturated carbocycles. The molecule has 0 radical (unpaired) electrons. The molecule has 0 aliphatic heterocycles. The molecule has 0 spiro atoms. The standard InChI is InChI=1S/C9H15N2OP/c1-7(2)8-5-10-9(11-6-8)13(3,4)12/h5-7H,1-4H3. The lowest BCUT2D eigenvalue weighted by Gasteiger charge is -2.07. The molecule has 1 heterocycles. The first-order valence-electron chi connectivity index (χ1n) is 4.28. The van der Waals surface area contributed by atoms with Crippen LogP contribution in [0.25, 0.3) is 0 Å². The van der Waals surface area contributed by atoms with E-state index in [2.05, 4.69) is 23.8 Å². The predicted octanol–water partition coefficient (Wildman–Crippen LogP) is 1.85. The SMILES string of the molecule is CC(C)c1cnc(P(C)(C)=O)nc1. The summed E-state index contributed by atoms with van der Waals surface area (Å²) in [5.74, 6) is 0.419. The topological polar surface area (TPSA) is 42.9 Å². The molecule has 0 amide bonds. The maximum absolute atomic E-state index is 11.6. The fourth-order valence-corrected chi connectivity index (χ4v) is 1.58. The van der Waals surface area contributed by atoms with Gasteiger partial charge in [0.05, 0.1) is 0 Å². The van der Waals surface area contributed by atoms with Gasteiger partial charge in [0.15, 0.2) is 5.57 Å². The smallest absolute Gasteiger partial charge is 0.188 e. The molecule has 0 bridgehead atoms. The Morgan fingerprint density at radius 3 is 2.00 bits per heavy atom. The summed E-state index contributed by atoms with van der Waals surface area (Å²) in [6.45, 7) is 7.51. The molecule has 1 aromatic rings. The summed E-state index contributed by atoms with van der Waals surface area (Å²) >= 11 is 0. The average molecular weight is 198 g/mol. The first-order chi connectivity index (χ1) is 5.91. The zero-order valence-corrected chi connectivity index (χ0v) is 9.38. The first kappa shape index (κ1) is 10.4. The molecule has 0 aromatic carbocycles. The Kier molecular flexibility index (Phi) is 2.87. The Balaban J connectivity index is 3.01. The summed E-state index contributed by atoms with van der Waals surface area (Å²) in [6.07, 6.45) is 3.51. The summed E-state index contributed by atoms with van der Waals surface area (Å²) in [5, 5.41) is 0. The third kappa shape index (κ3) is 2.63. The van der Waals surface area contributed by atoms with Gasteiger partial charge in [0.1, 0.15) is 7.14 Å². The highest BCUT2D eigenvalue weighted by molar-refractivity contribution is 7.69. The van der Waals surface area contributed by atoms with Gasteiger partial charge in [-0.3, -0.25) is 0 Å². The number of rotatable bonds is 2. The van der Waals surface area contributed by atoms with Crippen molar-refractivity contribution in [2.24, 2.45) is 0 Å². The van der Waals surface area contributed by atoms with Gasteiger partial charge in [-0.15, -0.1) is 0 Å². The molecule has 4 heteroatoms. The van der Waals surface area contributed by atoms with Crippen molar-refractivity contribution in [2.45, 2.75) is 19.8 Å². The second kappa shape index (κ2) is 3.59. The molecule has 0 unspecified atom stereocenters. The van der Waals surface area contributed by atoms with Gasteiger partial charge in [0, 0.05) is 12.4 Å². The van der Waals surface area contributed by atoms with E-state index < -0.39 is 7.14 Å². The monoisotopic (exact) mass is 198 g/mol. The zero-order chi connectivity index (χ0) is 10.1. The minimum Gasteiger partial charge on any atom is -0.316 e. The number of hydrogen-bond donors (Lipinski definition) is 0. The average Bonchev–Trinajstić information content (AvgIpc) is 2.03. The van der Waals surface area contributed by atoms with Crippen molar-refractivity contribution in [3.63, 3.8) is 0 Å². The second-order valence-corrected chi connectivity index (χ2v) is 6.92. The highest BCUT2D eigenvalue weighted by atomic mass is 31.2. The van der Waals surface area contributed by atoms with Crippen molar-refractivity contribution in [3.8, 4) is 0 Å². The van der Waals surface area contributed by atoms with Crippen molar-refractivity contribution in [3.05, 3.63) is 18.0 Å². The lowest BCUT2D eigenvalue weighted by molar-refractivity contribution is 0.587. The molecule has 0 N–H and O–H groups in total. The van der Waals surface area contributed by atoms with Crippen molar-refractivity contribution >= 4 is 12.7 Å². The third-order valence-electron chi connectivity index (χ3n) is 1.81. The zero-order valence-electron chi connectivity index (χ0n) is 8.48. The van der Waals surface area contributed by atoms with E-state index in [0.29, 0.717) is 11.5 Å². The highest BCUT2D eigenvalue weighted by Crippen LogP contribution is 2.32. The first-order valence-corrected chi connectivity index (χ1v) is 6.89. The van der Waals surface area contributed by atoms with E-state index in [-0.39, 0.29) is 0 Å². The van der Waals surface area contributed by atoms with Crippen molar-refractivity contribution in [1.82, 2.24) is 9.97 Å². The van der Waals surface area contributed by atoms with E-state index in [1.165, 1.54) is 0 Å². The Morgan fingerprint density at radius 1 is 1.23 bits per heavy atom. The lowest BCUT2D eigenvalue weighted by Crippen LogP contribution is -2.13. The summed E-state index contributed by atoms with van der Waals surface area (Å²) in [5.41, 5.74) is 1.55. The summed E-state index contributed by atoms with van der Waals surface area (Å²) in [4.78, 5) is 8.19. The van der Waals surface area contributed by atoms with Crippen LogP contribution in [0.3, 0.4) is 0 Å². The number of hydrogen-bond acceptors (Lipinski definition) is 3. The molecule has 0 fully saturated rings. The van der Waals surface area contributed by atoms with Crippen LogP contribution >= 0.6 is 7.14 Å². The molecule has 3 nitrogen and oxygen atoms in total. The third-order valence-corrected chi connectivity index (χ3v) is 3.00. The summed E-state index contributed by atoms with van der Waals surface area (Å²) in [7, 11) is -2.29. The normalized spacial score (nSPS) is 12.1. The summed E-state index contributed by atoms with van der Waals surface area (Å²) in [6, 6.07) is 0. The van der Waals surface area contributed by atoms with Gasteiger partial charge in [-0.25, -0.2) is 9.97 Å². The van der Waals surface area contributed by atoms with Crippen LogP contribution in [-0.2, 0) is 4.57 Å². The van der Waals surface area contributed by atoms with Crippen LogP contribution in [0.5, 0.6) is 0 Å². The van der Waals surface area contributed by atoms with Gasteiger partial charge in [-0.05, 0) is 24.8 Å². The van der Waals surface area contributed by atoms with Crippen LogP contribution in [0.1, 0.15) is 25.3 Å². The second-order valence-electron chi connectivity index (χ2n) is 3.82. The van der Waals surface area contributed by atoms with Crippen LogP contribution in [0.2, 0.25) is 0 Å². The maximum atomic E-state index is 11.6. The Morgan fingerprint density at radius 2 is 1.69 bits per heavy atom. The van der Waals surface area contributed by atoms with Gasteiger partial charge < -0.3 is 4.57 Å². The highest BCUT2D eigenvalue weighted by Gasteiger charge is 2.14. The van der Waals surface area contributed by atoms with Gasteiger partial charge in [0.2, 0.25) is 0 Å². The van der Waals surface area contributed by atoms with Crippen molar-refractivity contribution in [1.29, 1.82) is 0 Å². The number of aromatic nitrogens is 2. The fraction of sp³-hybridized carbons (Fsp3) is 0.556. The lowest BCUT2D eigenvalue weighted by atomic mass is 10.1. The van der Waals surface area contributed by atoms with Gasteiger partial charge in [0.25, 0.3) is 0 Å². The van der Waals surface area contributed by atoms with E-state index in [0.717, 1.165) is 5.56 Å². The van der Waals surface area contributed by atoms with Gasteiger partial charge >= 0.3 is 0 Å². The van der Waals surface area contributed by atoms with Crippen LogP contribution in [-0.4, -0.2) is 23.3 Å². The maximum Gasteiger partial charge on any atom is 0.188 e. The molecule has 0 aliphatic carbocycles. The van der Waals surface area contributed by atoms with E-state index in [9.17, 15) is 4.57 Å². The molecule has 1 rings (SSSR count). The molecule has 72 valence electrons. The van der Waals surface area contributed by atoms with E-state index in [1.807, 2.05) is 0 Å². The fourth-order valence-electron chi connectivity index (χ4n) is 0.907. The molecular formula is C9H15N2OP. The molecule has 13 heavy (non-hydrogen) atoms. The van der Waals surface area contributed by atoms with E-state index in [4.69, 9.17) is 0 Å². The van der Waals surface area contributed by atoms with Gasteiger partial charge in [-0.1, -0.05) is 13.8 Å². The van der Waals surface area contributed by atoms with E-state index >= 15 is 0 Å². The quantitative estimate of drug-likeness (QED) is 0.681. The minimum atomic E-state index is -2.29. The van der Waals surface area contributed by atoms with Crippen LogP contribution < -0.4 is 5.57 Å². The summed E-state index contributed by atoms with van der Waals surface area (Å²) < 4.78 is 11.6. The van der Waals surface area contributed by atoms with Crippen LogP contribution in [0, 0.1) is 0 Å². The Hall–Kier alpha value is -0.690. The van der Waals surface area contributed by atoms with Crippen LogP contribution in [0.15, 0.2) is 12.4 Å². The minimum absolute atomic E-state index is 0.419. The molecule has 0 aliphatic rings. The van der Waals surface area contributed by atoms with E-state index in [1.54, 1.807) is 25.7 Å². The van der Waals surface area contributed by atoms with Crippen molar-refractivity contribution < 1.29 is 4.57 Å². The van der Waals surface area contributed by atoms with Gasteiger partial charge in [-0.2, -0.15) is 0 Å². The molecule has 1 aromatic heterocycles. The predicted molar refractivity (Wildman–Crippen MR) is 55.2 cm³/mol. The Bertz CT molecular complexity index is 326. The molecule has 0 atom stereocenters. The number of nitrogens with zero attached hydrogens (tertiary/aromatic N) is 2. The van der Waals surface area contributed by atoms with Crippen LogP contribution in [0.4, 0.5) is 0 Å².